The fraction of sp³-hybridized carbons (Fsp3) is 0.474. The first-order chi connectivity index (χ1) is 13.0. The highest BCUT2D eigenvalue weighted by Gasteiger charge is 2.29. The summed E-state index contributed by atoms with van der Waals surface area (Å²) in [6, 6.07) is 5.10. The Hall–Kier alpha value is -1.51. The number of aromatic nitrogens is 2. The SMILES string of the molecule is O=C(Cc1[nH]c(=S)n2c1C(Cc1cc(Br)ccc1F)CC2)NC1CCOC1. The second kappa shape index (κ2) is 7.85. The maximum Gasteiger partial charge on any atom is 0.226 e. The van der Waals surface area contributed by atoms with Crippen LogP contribution in [-0.2, 0) is 28.9 Å². The molecule has 0 radical (unpaired) electrons. The minimum absolute atomic E-state index is 0.0376. The molecular formula is C19H21BrFN3O2S. The summed E-state index contributed by atoms with van der Waals surface area (Å²) in [4.78, 5) is 15.6. The van der Waals surface area contributed by atoms with Crippen molar-refractivity contribution in [1.29, 1.82) is 0 Å². The number of fused-ring (bicyclic) bond motifs is 1. The smallest absolute Gasteiger partial charge is 0.226 e. The van der Waals surface area contributed by atoms with Gasteiger partial charge in [0, 0.05) is 34.9 Å². The zero-order valence-electron chi connectivity index (χ0n) is 14.8. The lowest BCUT2D eigenvalue weighted by Crippen LogP contribution is -2.36. The van der Waals surface area contributed by atoms with E-state index in [0.717, 1.165) is 35.2 Å². The fourth-order valence-electron chi connectivity index (χ4n) is 4.03. The first-order valence-electron chi connectivity index (χ1n) is 9.14. The molecule has 0 saturated carbocycles. The Morgan fingerprint density at radius 3 is 3.07 bits per heavy atom. The summed E-state index contributed by atoms with van der Waals surface area (Å²) in [5, 5.41) is 3.02. The number of hydrogen-bond acceptors (Lipinski definition) is 3. The minimum atomic E-state index is -0.202. The molecule has 0 spiro atoms. The quantitative estimate of drug-likeness (QED) is 0.679. The molecule has 5 nitrogen and oxygen atoms in total. The van der Waals surface area contributed by atoms with Crippen LogP contribution >= 0.6 is 28.1 Å². The van der Waals surface area contributed by atoms with Crippen LogP contribution in [-0.4, -0.2) is 34.7 Å². The molecule has 1 aromatic carbocycles. The van der Waals surface area contributed by atoms with Gasteiger partial charge in [-0.3, -0.25) is 4.79 Å². The molecule has 2 N–H and O–H groups in total. The van der Waals surface area contributed by atoms with Crippen molar-refractivity contribution in [2.75, 3.05) is 13.2 Å². The third kappa shape index (κ3) is 4.02. The molecule has 2 unspecified atom stereocenters. The van der Waals surface area contributed by atoms with Crippen molar-refractivity contribution in [2.45, 2.75) is 44.2 Å². The lowest BCUT2D eigenvalue weighted by Gasteiger charge is -2.14. The molecule has 1 aromatic heterocycles. The van der Waals surface area contributed by atoms with Crippen LogP contribution in [0.2, 0.25) is 0 Å². The molecular weight excluding hydrogens is 433 g/mol. The van der Waals surface area contributed by atoms with Gasteiger partial charge in [-0.1, -0.05) is 15.9 Å². The van der Waals surface area contributed by atoms with E-state index >= 15 is 0 Å². The van der Waals surface area contributed by atoms with E-state index in [9.17, 15) is 9.18 Å². The number of aromatic amines is 1. The molecule has 1 amide bonds. The molecule has 1 saturated heterocycles. The molecule has 0 bridgehead atoms. The molecule has 27 heavy (non-hydrogen) atoms. The van der Waals surface area contributed by atoms with Crippen LogP contribution in [0.1, 0.15) is 35.7 Å². The third-order valence-electron chi connectivity index (χ3n) is 5.30. The number of halogens is 2. The van der Waals surface area contributed by atoms with Crippen LogP contribution in [0.3, 0.4) is 0 Å². The van der Waals surface area contributed by atoms with Crippen molar-refractivity contribution < 1.29 is 13.9 Å². The van der Waals surface area contributed by atoms with Gasteiger partial charge in [-0.2, -0.15) is 0 Å². The van der Waals surface area contributed by atoms with Crippen LogP contribution < -0.4 is 5.32 Å². The Labute approximate surface area is 170 Å². The monoisotopic (exact) mass is 453 g/mol. The second-order valence-corrected chi connectivity index (χ2v) is 8.48. The number of hydrogen-bond donors (Lipinski definition) is 2. The van der Waals surface area contributed by atoms with Crippen molar-refractivity contribution in [1.82, 2.24) is 14.9 Å². The Balaban J connectivity index is 1.54. The number of carbonyl (C=O) groups excluding carboxylic acids is 1. The Morgan fingerprint density at radius 2 is 2.30 bits per heavy atom. The van der Waals surface area contributed by atoms with Crippen LogP contribution in [0.15, 0.2) is 22.7 Å². The summed E-state index contributed by atoms with van der Waals surface area (Å²) in [5.41, 5.74) is 2.56. The van der Waals surface area contributed by atoms with Gasteiger partial charge in [-0.25, -0.2) is 4.39 Å². The normalized spacial score (nSPS) is 21.4. The lowest BCUT2D eigenvalue weighted by atomic mass is 9.93. The van der Waals surface area contributed by atoms with E-state index in [-0.39, 0.29) is 30.1 Å². The highest BCUT2D eigenvalue weighted by molar-refractivity contribution is 9.10. The second-order valence-electron chi connectivity index (χ2n) is 7.18. The van der Waals surface area contributed by atoms with Crippen molar-refractivity contribution in [2.24, 2.45) is 0 Å². The summed E-state index contributed by atoms with van der Waals surface area (Å²) >= 11 is 8.85. The highest BCUT2D eigenvalue weighted by Crippen LogP contribution is 2.35. The van der Waals surface area contributed by atoms with E-state index < -0.39 is 0 Å². The number of rotatable bonds is 5. The standard InChI is InChI=1S/C19H21BrFN3O2S/c20-13-1-2-15(21)12(8-13)7-11-3-5-24-18(11)16(23-19(24)27)9-17(25)22-14-4-6-26-10-14/h1-2,8,11,14H,3-7,9-10H2,(H,22,25)(H,23,27). The average molecular weight is 454 g/mol. The van der Waals surface area contributed by atoms with Gasteiger partial charge in [0.15, 0.2) is 4.77 Å². The van der Waals surface area contributed by atoms with Crippen molar-refractivity contribution >= 4 is 34.1 Å². The van der Waals surface area contributed by atoms with Crippen molar-refractivity contribution in [3.8, 4) is 0 Å². The van der Waals surface area contributed by atoms with Gasteiger partial charge < -0.3 is 19.6 Å². The number of nitrogens with zero attached hydrogens (tertiary/aromatic N) is 1. The molecule has 2 atom stereocenters. The molecule has 2 aromatic rings. The molecule has 8 heteroatoms. The molecule has 2 aliphatic heterocycles. The molecule has 3 heterocycles. The van der Waals surface area contributed by atoms with Gasteiger partial charge in [-0.05, 0) is 55.2 Å². The van der Waals surface area contributed by atoms with Gasteiger partial charge in [0.1, 0.15) is 5.82 Å². The van der Waals surface area contributed by atoms with Gasteiger partial charge in [0.25, 0.3) is 0 Å². The summed E-state index contributed by atoms with van der Waals surface area (Å²) in [6.07, 6.45) is 2.58. The average Bonchev–Trinajstić information content (AvgIpc) is 3.32. The molecule has 144 valence electrons. The number of benzene rings is 1. The number of imidazole rings is 1. The molecule has 1 fully saturated rings. The van der Waals surface area contributed by atoms with Crippen molar-refractivity contribution in [3.05, 3.63) is 50.2 Å². The van der Waals surface area contributed by atoms with Crippen LogP contribution in [0, 0.1) is 10.6 Å². The van der Waals surface area contributed by atoms with E-state index in [1.54, 1.807) is 6.07 Å². The van der Waals surface area contributed by atoms with Gasteiger partial charge in [0.05, 0.1) is 19.1 Å². The summed E-state index contributed by atoms with van der Waals surface area (Å²) in [6.45, 7) is 2.05. The summed E-state index contributed by atoms with van der Waals surface area (Å²) in [7, 11) is 0. The minimum Gasteiger partial charge on any atom is -0.379 e. The van der Waals surface area contributed by atoms with Crippen molar-refractivity contribution in [3.63, 3.8) is 0 Å². The highest BCUT2D eigenvalue weighted by atomic mass is 79.9. The van der Waals surface area contributed by atoms with Gasteiger partial charge in [0.2, 0.25) is 5.91 Å². The number of carbonyl (C=O) groups is 1. The van der Waals surface area contributed by atoms with Crippen LogP contribution in [0.5, 0.6) is 0 Å². The van der Waals surface area contributed by atoms with Gasteiger partial charge in [-0.15, -0.1) is 0 Å². The maximum atomic E-state index is 14.2. The van der Waals surface area contributed by atoms with Gasteiger partial charge >= 0.3 is 0 Å². The maximum absolute atomic E-state index is 14.2. The Bertz CT molecular complexity index is 920. The van der Waals surface area contributed by atoms with E-state index in [1.807, 2.05) is 6.07 Å². The Morgan fingerprint density at radius 1 is 1.44 bits per heavy atom. The van der Waals surface area contributed by atoms with E-state index in [2.05, 4.69) is 30.8 Å². The third-order valence-corrected chi connectivity index (χ3v) is 6.11. The zero-order valence-corrected chi connectivity index (χ0v) is 17.2. The first kappa shape index (κ1) is 18.8. The molecule has 4 rings (SSSR count). The van der Waals surface area contributed by atoms with Crippen LogP contribution in [0.25, 0.3) is 0 Å². The number of ether oxygens (including phenoxy) is 1. The molecule has 0 aliphatic carbocycles. The fourth-order valence-corrected chi connectivity index (χ4v) is 4.75. The number of nitrogens with one attached hydrogen (secondary N) is 2. The van der Waals surface area contributed by atoms with E-state index in [1.165, 1.54) is 6.07 Å². The largest absolute Gasteiger partial charge is 0.379 e. The number of H-pyrrole nitrogens is 1. The summed E-state index contributed by atoms with van der Waals surface area (Å²) in [5.74, 6) is -0.102. The van der Waals surface area contributed by atoms with E-state index in [0.29, 0.717) is 30.0 Å². The molecule has 2 aliphatic rings. The number of amides is 1. The topological polar surface area (TPSA) is 59.0 Å². The van der Waals surface area contributed by atoms with Crippen LogP contribution in [0.4, 0.5) is 4.39 Å². The Kier molecular flexibility index (Phi) is 5.48. The predicted octanol–water partition coefficient (Wildman–Crippen LogP) is 3.62. The first-order valence-corrected chi connectivity index (χ1v) is 10.3. The summed E-state index contributed by atoms with van der Waals surface area (Å²) < 4.78 is 23.1. The zero-order chi connectivity index (χ0) is 19.0. The van der Waals surface area contributed by atoms with E-state index in [4.69, 9.17) is 17.0 Å². The lowest BCUT2D eigenvalue weighted by molar-refractivity contribution is -0.121. The predicted molar refractivity (Wildman–Crippen MR) is 106 cm³/mol.